The van der Waals surface area contributed by atoms with Gasteiger partial charge >= 0.3 is 0 Å². The molecule has 1 aliphatic rings. The Balaban J connectivity index is 2.53. The molecule has 0 aromatic heterocycles. The van der Waals surface area contributed by atoms with Crippen LogP contribution in [0.5, 0.6) is 0 Å². The number of aryl methyl sites for hydroxylation is 1. The van der Waals surface area contributed by atoms with Crippen LogP contribution in [0.2, 0.25) is 0 Å². The minimum Gasteiger partial charge on any atom is -0.368 e. The number of sulfone groups is 1. The van der Waals surface area contributed by atoms with Crippen LogP contribution in [0.15, 0.2) is 23.1 Å². The quantitative estimate of drug-likeness (QED) is 0.848. The van der Waals surface area contributed by atoms with Crippen molar-refractivity contribution in [3.05, 3.63) is 23.8 Å². The number of nitrogens with zero attached hydrogens (tertiary/aromatic N) is 1. The fourth-order valence-electron chi connectivity index (χ4n) is 2.24. The van der Waals surface area contributed by atoms with Crippen LogP contribution >= 0.6 is 0 Å². The van der Waals surface area contributed by atoms with Crippen LogP contribution in [0.3, 0.4) is 0 Å². The van der Waals surface area contributed by atoms with Crippen LogP contribution < -0.4 is 10.2 Å². The first-order valence-electron chi connectivity index (χ1n) is 5.66. The van der Waals surface area contributed by atoms with Crippen molar-refractivity contribution < 1.29 is 8.42 Å². The highest BCUT2D eigenvalue weighted by molar-refractivity contribution is 7.91. The first-order chi connectivity index (χ1) is 7.95. The molecule has 1 aromatic carbocycles. The molecule has 1 aliphatic heterocycles. The van der Waals surface area contributed by atoms with E-state index in [0.29, 0.717) is 11.4 Å². The van der Waals surface area contributed by atoms with E-state index in [-0.39, 0.29) is 11.8 Å². The van der Waals surface area contributed by atoms with Crippen LogP contribution in [0, 0.1) is 6.92 Å². The summed E-state index contributed by atoms with van der Waals surface area (Å²) in [5.74, 6) is 0.181. The number of likely N-dealkylation sites (N-methyl/N-ethyl adjacent to an activating group) is 2. The second kappa shape index (κ2) is 4.31. The molecule has 5 heteroatoms. The lowest BCUT2D eigenvalue weighted by atomic mass is 10.2. The van der Waals surface area contributed by atoms with Crippen molar-refractivity contribution in [1.82, 2.24) is 5.32 Å². The number of rotatable bonds is 2. The van der Waals surface area contributed by atoms with Gasteiger partial charge in [-0.2, -0.15) is 0 Å². The van der Waals surface area contributed by atoms with E-state index in [0.717, 1.165) is 11.3 Å². The molecule has 1 N–H and O–H groups in total. The normalized spacial score (nSPS) is 22.3. The molecule has 1 heterocycles. The minimum absolute atomic E-state index is 0.000191. The molecule has 0 radical (unpaired) electrons. The molecule has 0 amide bonds. The lowest BCUT2D eigenvalue weighted by Gasteiger charge is -2.35. The maximum atomic E-state index is 12.2. The highest BCUT2D eigenvalue weighted by Crippen LogP contribution is 2.32. The summed E-state index contributed by atoms with van der Waals surface area (Å²) in [6, 6.07) is 5.60. The third kappa shape index (κ3) is 2.17. The summed E-state index contributed by atoms with van der Waals surface area (Å²) in [4.78, 5) is 2.51. The molecule has 2 rings (SSSR count). The SMILES string of the molecule is CNCC1CS(=O)(=O)c2cc(C)ccc2N1C. The van der Waals surface area contributed by atoms with E-state index in [9.17, 15) is 8.42 Å². The van der Waals surface area contributed by atoms with Crippen LogP contribution in [0.25, 0.3) is 0 Å². The third-order valence-electron chi connectivity index (χ3n) is 3.23. The Bertz CT molecular complexity index is 525. The summed E-state index contributed by atoms with van der Waals surface area (Å²) in [5.41, 5.74) is 1.79. The maximum Gasteiger partial charge on any atom is 0.182 e. The summed E-state index contributed by atoms with van der Waals surface area (Å²) in [6.45, 7) is 2.58. The van der Waals surface area contributed by atoms with E-state index in [1.54, 1.807) is 6.07 Å². The fraction of sp³-hybridized carbons (Fsp3) is 0.500. The molecule has 1 atom stereocenters. The van der Waals surface area contributed by atoms with Gasteiger partial charge in [-0.25, -0.2) is 8.42 Å². The van der Waals surface area contributed by atoms with Crippen LogP contribution in [0.1, 0.15) is 5.56 Å². The Hall–Kier alpha value is -1.07. The number of fused-ring (bicyclic) bond motifs is 1. The first kappa shape index (κ1) is 12.4. The van der Waals surface area contributed by atoms with Gasteiger partial charge in [0.2, 0.25) is 0 Å². The van der Waals surface area contributed by atoms with Gasteiger partial charge in [0.15, 0.2) is 9.84 Å². The van der Waals surface area contributed by atoms with Crippen molar-refractivity contribution >= 4 is 15.5 Å². The standard InChI is InChI=1S/C12H18N2O2S/c1-9-4-5-11-12(6-9)17(15,16)8-10(7-13-2)14(11)3/h4-6,10,13H,7-8H2,1-3H3. The van der Waals surface area contributed by atoms with E-state index < -0.39 is 9.84 Å². The number of nitrogens with one attached hydrogen (secondary N) is 1. The summed E-state index contributed by atoms with van der Waals surface area (Å²) in [5, 5.41) is 3.04. The Labute approximate surface area is 103 Å². The number of anilines is 1. The summed E-state index contributed by atoms with van der Waals surface area (Å²) < 4.78 is 24.4. The molecule has 4 nitrogen and oxygen atoms in total. The van der Waals surface area contributed by atoms with E-state index in [1.165, 1.54) is 0 Å². The fourth-order valence-corrected chi connectivity index (χ4v) is 4.17. The average Bonchev–Trinajstić information content (AvgIpc) is 2.26. The van der Waals surface area contributed by atoms with Crippen molar-refractivity contribution in [2.75, 3.05) is 31.3 Å². The largest absolute Gasteiger partial charge is 0.368 e. The Morgan fingerprint density at radius 2 is 2.18 bits per heavy atom. The Morgan fingerprint density at radius 1 is 1.47 bits per heavy atom. The lowest BCUT2D eigenvalue weighted by Crippen LogP contribution is -2.47. The zero-order valence-corrected chi connectivity index (χ0v) is 11.2. The molecule has 0 fully saturated rings. The molecular formula is C12H18N2O2S. The van der Waals surface area contributed by atoms with Crippen LogP contribution in [-0.4, -0.2) is 40.9 Å². The van der Waals surface area contributed by atoms with E-state index in [1.807, 2.05) is 38.1 Å². The summed E-state index contributed by atoms with van der Waals surface area (Å²) >= 11 is 0. The summed E-state index contributed by atoms with van der Waals surface area (Å²) in [7, 11) is 0.637. The van der Waals surface area contributed by atoms with Gasteiger partial charge in [0.05, 0.1) is 22.4 Å². The highest BCUT2D eigenvalue weighted by Gasteiger charge is 2.33. The van der Waals surface area contributed by atoms with Crippen molar-refractivity contribution in [3.8, 4) is 0 Å². The van der Waals surface area contributed by atoms with E-state index in [4.69, 9.17) is 0 Å². The molecule has 0 spiro atoms. The Morgan fingerprint density at radius 3 is 2.82 bits per heavy atom. The molecular weight excluding hydrogens is 236 g/mol. The van der Waals surface area contributed by atoms with Gasteiger partial charge in [-0.3, -0.25) is 0 Å². The van der Waals surface area contributed by atoms with Crippen molar-refractivity contribution in [2.45, 2.75) is 17.9 Å². The molecule has 0 saturated heterocycles. The molecule has 0 aliphatic carbocycles. The predicted octanol–water partition coefficient (Wildman–Crippen LogP) is 0.807. The van der Waals surface area contributed by atoms with Crippen LogP contribution in [0.4, 0.5) is 5.69 Å². The molecule has 17 heavy (non-hydrogen) atoms. The highest BCUT2D eigenvalue weighted by atomic mass is 32.2. The number of hydrogen-bond donors (Lipinski definition) is 1. The predicted molar refractivity (Wildman–Crippen MR) is 69.3 cm³/mol. The minimum atomic E-state index is -3.15. The molecule has 0 bridgehead atoms. The zero-order valence-electron chi connectivity index (χ0n) is 10.4. The second-order valence-electron chi connectivity index (χ2n) is 4.57. The van der Waals surface area contributed by atoms with Gasteiger partial charge in [0.1, 0.15) is 0 Å². The Kier molecular flexibility index (Phi) is 3.14. The third-order valence-corrected chi connectivity index (χ3v) is 5.05. The van der Waals surface area contributed by atoms with Crippen molar-refractivity contribution in [1.29, 1.82) is 0 Å². The van der Waals surface area contributed by atoms with Crippen molar-refractivity contribution in [2.24, 2.45) is 0 Å². The van der Waals surface area contributed by atoms with Gasteiger partial charge < -0.3 is 10.2 Å². The average molecular weight is 254 g/mol. The molecule has 1 aromatic rings. The molecule has 94 valence electrons. The molecule has 0 saturated carbocycles. The van der Waals surface area contributed by atoms with Gasteiger partial charge in [-0.05, 0) is 31.7 Å². The second-order valence-corrected chi connectivity index (χ2v) is 6.58. The molecule has 1 unspecified atom stereocenters. The lowest BCUT2D eigenvalue weighted by molar-refractivity contribution is 0.561. The van der Waals surface area contributed by atoms with Gasteiger partial charge in [-0.15, -0.1) is 0 Å². The summed E-state index contributed by atoms with van der Waals surface area (Å²) in [6.07, 6.45) is 0. The topological polar surface area (TPSA) is 49.4 Å². The number of benzene rings is 1. The van der Waals surface area contributed by atoms with E-state index >= 15 is 0 Å². The first-order valence-corrected chi connectivity index (χ1v) is 7.32. The monoisotopic (exact) mass is 254 g/mol. The number of hydrogen-bond acceptors (Lipinski definition) is 4. The van der Waals surface area contributed by atoms with Gasteiger partial charge in [-0.1, -0.05) is 6.07 Å². The van der Waals surface area contributed by atoms with Crippen molar-refractivity contribution in [3.63, 3.8) is 0 Å². The van der Waals surface area contributed by atoms with Gasteiger partial charge in [0, 0.05) is 13.6 Å². The maximum absolute atomic E-state index is 12.2. The van der Waals surface area contributed by atoms with Crippen LogP contribution in [-0.2, 0) is 9.84 Å². The van der Waals surface area contributed by atoms with Gasteiger partial charge in [0.25, 0.3) is 0 Å². The van der Waals surface area contributed by atoms with E-state index in [2.05, 4.69) is 5.32 Å². The zero-order chi connectivity index (χ0) is 12.6. The smallest absolute Gasteiger partial charge is 0.182 e.